The average Bonchev–Trinajstić information content (AvgIpc) is 2.59. The monoisotopic (exact) mass is 367 g/mol. The number of carbonyl (C=O) groups is 1. The minimum Gasteiger partial charge on any atom is -0.484 e. The average molecular weight is 367 g/mol. The zero-order valence-electron chi connectivity index (χ0n) is 14.6. The van der Waals surface area contributed by atoms with E-state index in [4.69, 9.17) is 0 Å². The number of unbranched alkanes of at least 4 members (excludes halogenated alkanes) is 1. The van der Waals surface area contributed by atoms with Crippen LogP contribution in [0.15, 0.2) is 36.5 Å². The highest BCUT2D eigenvalue weighted by molar-refractivity contribution is 5.98. The van der Waals surface area contributed by atoms with E-state index >= 15 is 0 Å². The van der Waals surface area contributed by atoms with Crippen LogP contribution in [0.3, 0.4) is 0 Å². The number of amides is 1. The van der Waals surface area contributed by atoms with Gasteiger partial charge in [0.1, 0.15) is 17.4 Å². The van der Waals surface area contributed by atoms with Gasteiger partial charge in [-0.15, -0.1) is 0 Å². The van der Waals surface area contributed by atoms with Gasteiger partial charge in [-0.2, -0.15) is 13.2 Å². The number of anilines is 2. The van der Waals surface area contributed by atoms with Crippen LogP contribution in [0.25, 0.3) is 0 Å². The first-order chi connectivity index (χ1) is 12.3. The van der Waals surface area contributed by atoms with Crippen LogP contribution in [-0.4, -0.2) is 28.7 Å². The minimum absolute atomic E-state index is 0.0703. The van der Waals surface area contributed by atoms with Gasteiger partial charge in [-0.05, 0) is 36.8 Å². The van der Waals surface area contributed by atoms with Crippen molar-refractivity contribution in [2.45, 2.75) is 39.3 Å². The number of hydrogen-bond donors (Lipinski definition) is 0. The van der Waals surface area contributed by atoms with Gasteiger partial charge < -0.3 is 4.74 Å². The van der Waals surface area contributed by atoms with Crippen LogP contribution >= 0.6 is 0 Å². The number of ether oxygens (including phenoxy) is 1. The molecular weight excluding hydrogens is 347 g/mol. The second-order valence-electron chi connectivity index (χ2n) is 5.69. The maximum absolute atomic E-state index is 12.2. The van der Waals surface area contributed by atoms with E-state index in [1.165, 1.54) is 36.1 Å². The smallest absolute Gasteiger partial charge is 0.422 e. The predicted octanol–water partition coefficient (Wildman–Crippen LogP) is 4.44. The first kappa shape index (κ1) is 19.7. The molecule has 0 N–H and O–H groups in total. The third kappa shape index (κ3) is 5.72. The molecule has 2 rings (SSSR count). The topological polar surface area (TPSA) is 55.3 Å². The Morgan fingerprint density at radius 3 is 2.46 bits per heavy atom. The molecule has 0 saturated heterocycles. The molecule has 1 aromatic heterocycles. The van der Waals surface area contributed by atoms with Crippen molar-refractivity contribution in [1.29, 1.82) is 0 Å². The lowest BCUT2D eigenvalue weighted by Gasteiger charge is -2.21. The van der Waals surface area contributed by atoms with Gasteiger partial charge in [0.2, 0.25) is 5.91 Å². The highest BCUT2D eigenvalue weighted by Gasteiger charge is 2.28. The van der Waals surface area contributed by atoms with Crippen LogP contribution in [0.2, 0.25) is 0 Å². The van der Waals surface area contributed by atoms with E-state index < -0.39 is 12.8 Å². The number of aromatic nitrogens is 2. The van der Waals surface area contributed by atoms with Gasteiger partial charge >= 0.3 is 6.18 Å². The Labute approximate surface area is 149 Å². The van der Waals surface area contributed by atoms with Crippen LogP contribution < -0.4 is 9.64 Å². The molecule has 0 bridgehead atoms. The van der Waals surface area contributed by atoms with E-state index in [0.29, 0.717) is 23.8 Å². The van der Waals surface area contributed by atoms with Crippen LogP contribution in [0.5, 0.6) is 5.75 Å². The van der Waals surface area contributed by atoms with E-state index in [1.807, 2.05) is 0 Å². The van der Waals surface area contributed by atoms with Crippen molar-refractivity contribution < 1.29 is 22.7 Å². The van der Waals surface area contributed by atoms with Crippen molar-refractivity contribution in [1.82, 2.24) is 9.97 Å². The van der Waals surface area contributed by atoms with Crippen molar-refractivity contribution in [3.63, 3.8) is 0 Å². The molecule has 1 heterocycles. The van der Waals surface area contributed by atoms with Crippen LogP contribution in [0, 0.1) is 0 Å². The summed E-state index contributed by atoms with van der Waals surface area (Å²) in [5, 5.41) is 0. The quantitative estimate of drug-likeness (QED) is 0.726. The number of halogens is 3. The highest BCUT2D eigenvalue weighted by Crippen LogP contribution is 2.27. The zero-order chi connectivity index (χ0) is 19.2. The SMILES string of the molecule is CCCCc1nccc(N(C(C)=O)c2ccc(OCC(F)(F)F)cc2)n1. The standard InChI is InChI=1S/C18H20F3N3O2/c1-3-4-5-16-22-11-10-17(23-16)24(13(2)25)14-6-8-15(9-7-14)26-12-18(19,20)21/h6-11H,3-5,12H2,1-2H3. The normalized spacial score (nSPS) is 11.3. The van der Waals surface area contributed by atoms with E-state index in [0.717, 1.165) is 12.8 Å². The fraction of sp³-hybridized carbons (Fsp3) is 0.389. The summed E-state index contributed by atoms with van der Waals surface area (Å²) in [5.41, 5.74) is 0.483. The fourth-order valence-corrected chi connectivity index (χ4v) is 2.30. The second-order valence-corrected chi connectivity index (χ2v) is 5.69. The van der Waals surface area contributed by atoms with Gasteiger partial charge in [-0.25, -0.2) is 9.97 Å². The lowest BCUT2D eigenvalue weighted by molar-refractivity contribution is -0.153. The van der Waals surface area contributed by atoms with Gasteiger partial charge in [0.15, 0.2) is 6.61 Å². The lowest BCUT2D eigenvalue weighted by atomic mass is 10.2. The first-order valence-corrected chi connectivity index (χ1v) is 8.22. The largest absolute Gasteiger partial charge is 0.484 e. The van der Waals surface area contributed by atoms with E-state index in [1.54, 1.807) is 12.3 Å². The van der Waals surface area contributed by atoms with Crippen LogP contribution in [-0.2, 0) is 11.2 Å². The number of benzene rings is 1. The molecule has 140 valence electrons. The number of aryl methyl sites for hydroxylation is 1. The Hall–Kier alpha value is -2.64. The Balaban J connectivity index is 2.21. The summed E-state index contributed by atoms with van der Waals surface area (Å²) in [7, 11) is 0. The molecule has 0 spiro atoms. The molecule has 0 unspecified atom stereocenters. The van der Waals surface area contributed by atoms with Gasteiger partial charge in [-0.1, -0.05) is 13.3 Å². The molecule has 0 saturated carbocycles. The molecular formula is C18H20F3N3O2. The molecule has 2 aromatic rings. The third-order valence-electron chi connectivity index (χ3n) is 3.49. The van der Waals surface area contributed by atoms with Crippen LogP contribution in [0.1, 0.15) is 32.5 Å². The highest BCUT2D eigenvalue weighted by atomic mass is 19.4. The maximum atomic E-state index is 12.2. The molecule has 0 radical (unpaired) electrons. The lowest BCUT2D eigenvalue weighted by Crippen LogP contribution is -2.24. The molecule has 8 heteroatoms. The number of carbonyl (C=O) groups excluding carboxylic acids is 1. The number of rotatable bonds is 7. The predicted molar refractivity (Wildman–Crippen MR) is 91.5 cm³/mol. The Morgan fingerprint density at radius 1 is 1.19 bits per heavy atom. The number of alkyl halides is 3. The van der Waals surface area contributed by atoms with Crippen molar-refractivity contribution in [2.75, 3.05) is 11.5 Å². The van der Waals surface area contributed by atoms with E-state index in [-0.39, 0.29) is 11.7 Å². The molecule has 1 amide bonds. The molecule has 0 aliphatic carbocycles. The van der Waals surface area contributed by atoms with Gasteiger partial charge in [0.05, 0.1) is 5.69 Å². The second kappa shape index (κ2) is 8.64. The minimum atomic E-state index is -4.40. The van der Waals surface area contributed by atoms with Gasteiger partial charge in [-0.3, -0.25) is 9.69 Å². The molecule has 0 atom stereocenters. The summed E-state index contributed by atoms with van der Waals surface area (Å²) in [6.45, 7) is 2.09. The van der Waals surface area contributed by atoms with Crippen molar-refractivity contribution in [3.05, 3.63) is 42.4 Å². The summed E-state index contributed by atoms with van der Waals surface area (Å²) < 4.78 is 41.3. The molecule has 1 aromatic carbocycles. The third-order valence-corrected chi connectivity index (χ3v) is 3.49. The summed E-state index contributed by atoms with van der Waals surface area (Å²) in [6.07, 6.45) is -0.164. The Morgan fingerprint density at radius 2 is 1.88 bits per heavy atom. The van der Waals surface area contributed by atoms with Crippen molar-refractivity contribution in [3.8, 4) is 5.75 Å². The number of hydrogen-bond acceptors (Lipinski definition) is 4. The zero-order valence-corrected chi connectivity index (χ0v) is 14.6. The molecule has 0 aliphatic rings. The molecule has 5 nitrogen and oxygen atoms in total. The summed E-state index contributed by atoms with van der Waals surface area (Å²) >= 11 is 0. The molecule has 0 aliphatic heterocycles. The first-order valence-electron chi connectivity index (χ1n) is 8.22. The van der Waals surface area contributed by atoms with Crippen LogP contribution in [0.4, 0.5) is 24.7 Å². The fourth-order valence-electron chi connectivity index (χ4n) is 2.30. The summed E-state index contributed by atoms with van der Waals surface area (Å²) in [4.78, 5) is 22.1. The maximum Gasteiger partial charge on any atom is 0.422 e. The van der Waals surface area contributed by atoms with E-state index in [9.17, 15) is 18.0 Å². The number of nitrogens with zero attached hydrogens (tertiary/aromatic N) is 3. The van der Waals surface area contributed by atoms with E-state index in [2.05, 4.69) is 21.6 Å². The van der Waals surface area contributed by atoms with Gasteiger partial charge in [0, 0.05) is 19.5 Å². The Kier molecular flexibility index (Phi) is 6.54. The molecule has 0 fully saturated rings. The Bertz CT molecular complexity index is 733. The van der Waals surface area contributed by atoms with Gasteiger partial charge in [0.25, 0.3) is 0 Å². The summed E-state index contributed by atoms with van der Waals surface area (Å²) in [6, 6.07) is 7.42. The summed E-state index contributed by atoms with van der Waals surface area (Å²) in [5.74, 6) is 0.860. The van der Waals surface area contributed by atoms with Crippen molar-refractivity contribution >= 4 is 17.4 Å². The molecule has 26 heavy (non-hydrogen) atoms. The van der Waals surface area contributed by atoms with Crippen molar-refractivity contribution in [2.24, 2.45) is 0 Å².